The Bertz CT molecular complexity index is 2960. The highest BCUT2D eigenvalue weighted by molar-refractivity contribution is 7.80. The van der Waals surface area contributed by atoms with Crippen LogP contribution < -0.4 is 58.9 Å². The van der Waals surface area contributed by atoms with Gasteiger partial charge in [-0.15, -0.1) is 0 Å². The average Bonchev–Trinajstić information content (AvgIpc) is 3.69. The molecule has 0 aliphatic carbocycles. The minimum atomic E-state index is -1.80. The van der Waals surface area contributed by atoms with Crippen LogP contribution in [0.15, 0.2) is 91.0 Å². The number of benzene rings is 3. The Kier molecular flexibility index (Phi) is 30.5. The number of carbonyl (C=O) groups excluding carboxylic acids is 9. The van der Waals surface area contributed by atoms with Gasteiger partial charge in [0.05, 0.1) is 13.0 Å². The molecule has 9 atom stereocenters. The van der Waals surface area contributed by atoms with E-state index in [4.69, 9.17) is 10.8 Å². The maximum atomic E-state index is 14.1. The fourth-order valence-electron chi connectivity index (χ4n) is 8.00. The van der Waals surface area contributed by atoms with Gasteiger partial charge in [0.1, 0.15) is 54.4 Å². The molecule has 0 saturated carbocycles. The molecule has 33 heteroatoms. The summed E-state index contributed by atoms with van der Waals surface area (Å²) in [6.07, 6.45) is -5.13. The largest absolute Gasteiger partial charge is 0.481 e. The first-order valence-electron chi connectivity index (χ1n) is 26.9. The molecular formula is C55H69N11O21S. The lowest BCUT2D eigenvalue weighted by Crippen LogP contribution is -2.59. The van der Waals surface area contributed by atoms with Gasteiger partial charge in [0.2, 0.25) is 47.3 Å². The zero-order valence-electron chi connectivity index (χ0n) is 46.9. The van der Waals surface area contributed by atoms with E-state index >= 15 is 0 Å². The molecule has 32 nitrogen and oxygen atoms in total. The van der Waals surface area contributed by atoms with Gasteiger partial charge in [-0.2, -0.15) is 12.6 Å². The van der Waals surface area contributed by atoms with E-state index in [0.717, 1.165) is 0 Å². The van der Waals surface area contributed by atoms with Crippen molar-refractivity contribution in [2.24, 2.45) is 5.73 Å². The molecule has 3 unspecified atom stereocenters. The first kappa shape index (κ1) is 72.1. The number of nitrogens with one attached hydrogen (secondary N) is 10. The molecule has 18 N–H and O–H groups in total. The highest BCUT2D eigenvalue weighted by Gasteiger charge is 2.33. The van der Waals surface area contributed by atoms with Gasteiger partial charge in [0.15, 0.2) is 0 Å². The molecule has 0 bridgehead atoms. The molecule has 0 heterocycles. The van der Waals surface area contributed by atoms with Crippen LogP contribution in [0, 0.1) is 0 Å². The summed E-state index contributed by atoms with van der Waals surface area (Å²) in [7, 11) is 0. The van der Waals surface area contributed by atoms with E-state index in [1.807, 2.05) is 10.6 Å². The summed E-state index contributed by atoms with van der Waals surface area (Å²) in [4.78, 5) is 189. The fourth-order valence-corrected chi connectivity index (χ4v) is 8.24. The van der Waals surface area contributed by atoms with Crippen LogP contribution in [0.25, 0.3) is 0 Å². The molecule has 0 spiro atoms. The third-order valence-corrected chi connectivity index (χ3v) is 13.0. The highest BCUT2D eigenvalue weighted by Crippen LogP contribution is 2.11. The van der Waals surface area contributed by atoms with Crippen molar-refractivity contribution in [2.75, 3.05) is 18.8 Å². The number of nitrogens with two attached hydrogens (primary N) is 1. The maximum Gasteiger partial charge on any atom is 0.327 e. The molecule has 3 rings (SSSR count). The smallest absolute Gasteiger partial charge is 0.327 e. The molecule has 88 heavy (non-hydrogen) atoms. The van der Waals surface area contributed by atoms with Crippen LogP contribution >= 0.6 is 12.6 Å². The molecule has 0 aliphatic rings. The predicted molar refractivity (Wildman–Crippen MR) is 307 cm³/mol. The van der Waals surface area contributed by atoms with Crippen molar-refractivity contribution in [1.29, 1.82) is 0 Å². The molecule has 0 fully saturated rings. The lowest BCUT2D eigenvalue weighted by Gasteiger charge is -2.24. The van der Waals surface area contributed by atoms with Crippen LogP contribution in [0.4, 0.5) is 4.79 Å². The Labute approximate surface area is 506 Å². The van der Waals surface area contributed by atoms with Gasteiger partial charge < -0.3 is 89.5 Å². The van der Waals surface area contributed by atoms with Gasteiger partial charge in [0.25, 0.3) is 0 Å². The quantitative estimate of drug-likeness (QED) is 0.0245. The Morgan fingerprint density at radius 2 is 0.739 bits per heavy atom. The molecule has 0 aliphatic heterocycles. The van der Waals surface area contributed by atoms with Crippen molar-refractivity contribution < 1.29 is 103 Å². The molecule has 10 amide bonds. The van der Waals surface area contributed by atoms with Gasteiger partial charge >= 0.3 is 41.8 Å². The summed E-state index contributed by atoms with van der Waals surface area (Å²) >= 11 is 3.84. The van der Waals surface area contributed by atoms with Crippen molar-refractivity contribution in [2.45, 2.75) is 119 Å². The van der Waals surface area contributed by atoms with E-state index in [2.05, 4.69) is 55.2 Å². The summed E-state index contributed by atoms with van der Waals surface area (Å²) in [5.74, 6) is -17.5. The minimum absolute atomic E-state index is 0.157. The molecule has 0 radical (unpaired) electrons. The second-order valence-corrected chi connectivity index (χ2v) is 19.9. The number of urea groups is 1. The Hall–Kier alpha value is -10.2. The zero-order valence-corrected chi connectivity index (χ0v) is 47.8. The lowest BCUT2D eigenvalue weighted by atomic mass is 10.0. The second kappa shape index (κ2) is 37.3. The normalized spacial score (nSPS) is 13.8. The summed E-state index contributed by atoms with van der Waals surface area (Å²) < 4.78 is 0. The topological polar surface area (TPSA) is 524 Å². The number of hydrogen-bond donors (Lipinski definition) is 18. The molecule has 476 valence electrons. The monoisotopic (exact) mass is 1250 g/mol. The van der Waals surface area contributed by atoms with Crippen LogP contribution in [-0.2, 0) is 86.4 Å². The number of carboxylic acids is 6. The Balaban J connectivity index is 1.69. The Morgan fingerprint density at radius 3 is 1.16 bits per heavy atom. The highest BCUT2D eigenvalue weighted by atomic mass is 32.1. The van der Waals surface area contributed by atoms with Gasteiger partial charge in [0, 0.05) is 50.8 Å². The molecule has 0 aromatic heterocycles. The van der Waals surface area contributed by atoms with E-state index < -0.39 is 202 Å². The SMILES string of the molecule is NC(CNC(=O)[C@H](Cc1ccccc1)NC(=O)[C@H](Cc1ccccc1)NC(=O)CNC(=O)CC[C@@H](NC(=O)[C@H](Cc1ccccc1)NC(=O)CCC(NC(=O)NC(CCC(=O)O)C(=O)O)C(=O)O)C(=O)O)C(=O)N[C@@H](CC(=O)O)C(=O)N[C@@H](CS)C(=O)O. The third kappa shape index (κ3) is 27.2. The summed E-state index contributed by atoms with van der Waals surface area (Å²) in [6.45, 7) is -1.41. The summed E-state index contributed by atoms with van der Waals surface area (Å²) in [6, 6.07) is 8.70. The van der Waals surface area contributed by atoms with E-state index in [1.165, 1.54) is 0 Å². The lowest BCUT2D eigenvalue weighted by molar-refractivity contribution is -0.143. The summed E-state index contributed by atoms with van der Waals surface area (Å²) in [5.41, 5.74) is 7.56. The fraction of sp³-hybridized carbons (Fsp3) is 0.400. The van der Waals surface area contributed by atoms with Gasteiger partial charge in [-0.1, -0.05) is 91.0 Å². The molecular weight excluding hydrogens is 1180 g/mol. The first-order valence-corrected chi connectivity index (χ1v) is 27.5. The number of aliphatic carboxylic acids is 6. The molecule has 3 aromatic rings. The zero-order chi connectivity index (χ0) is 65.5. The first-order chi connectivity index (χ1) is 41.6. The van der Waals surface area contributed by atoms with Gasteiger partial charge in [-0.3, -0.25) is 47.9 Å². The number of thiol groups is 1. The number of carboxylic acid groups (broad SMARTS) is 6. The number of rotatable bonds is 39. The second-order valence-electron chi connectivity index (χ2n) is 19.5. The van der Waals surface area contributed by atoms with Crippen LogP contribution in [0.2, 0.25) is 0 Å². The third-order valence-electron chi connectivity index (χ3n) is 12.7. The van der Waals surface area contributed by atoms with E-state index in [1.54, 1.807) is 91.0 Å². The maximum absolute atomic E-state index is 14.1. The van der Waals surface area contributed by atoms with E-state index in [-0.39, 0.29) is 25.0 Å². The number of hydrogen-bond acceptors (Lipinski definition) is 17. The molecule has 3 aromatic carbocycles. The van der Waals surface area contributed by atoms with E-state index in [9.17, 15) is 97.5 Å². The Morgan fingerprint density at radius 1 is 0.375 bits per heavy atom. The van der Waals surface area contributed by atoms with Crippen molar-refractivity contribution in [1.82, 2.24) is 53.2 Å². The van der Waals surface area contributed by atoms with E-state index in [0.29, 0.717) is 16.7 Å². The number of amides is 10. The number of carbonyl (C=O) groups is 15. The minimum Gasteiger partial charge on any atom is -0.481 e. The molecule has 0 saturated heterocycles. The summed E-state index contributed by atoms with van der Waals surface area (Å²) in [5, 5.41) is 79.2. The van der Waals surface area contributed by atoms with Crippen molar-refractivity contribution >= 4 is 102 Å². The van der Waals surface area contributed by atoms with Crippen LogP contribution in [-0.4, -0.2) is 193 Å². The van der Waals surface area contributed by atoms with Crippen molar-refractivity contribution in [3.05, 3.63) is 108 Å². The van der Waals surface area contributed by atoms with Gasteiger partial charge in [-0.05, 0) is 36.0 Å². The van der Waals surface area contributed by atoms with Crippen LogP contribution in [0.1, 0.15) is 61.6 Å². The van der Waals surface area contributed by atoms with Crippen molar-refractivity contribution in [3.8, 4) is 0 Å². The standard InChI is InChI=1S/C55H69N11O21S/c56-32(46(74)62-39(25-45(72)73)50(78)64-40(28-88)54(85)86)26-58-47(75)36(22-29-10-4-1-5-11-29)63-49(77)38(24-31-14-8-3-9-15-31)60-43(69)27-57-41(67)19-16-33(51(79)80)61-48(76)37(23-30-12-6-2-7-13-30)59-42(68)20-17-34(52(81)82)65-55(87)66-35(53(83)84)18-21-44(70)71/h1-15,32-40,88H,16-28,56H2,(H,57,67)(H,58,75)(H,59,68)(H,60,69)(H,61,76)(H,62,74)(H,63,77)(H,64,78)(H,70,71)(H,72,73)(H,79,80)(H,81,82)(H,83,84)(H,85,86)(H2,65,66,87)/t32?,33-,34?,35?,36+,37+,38+,39+,40+/m1/s1. The van der Waals surface area contributed by atoms with Crippen LogP contribution in [0.5, 0.6) is 0 Å². The van der Waals surface area contributed by atoms with Crippen LogP contribution in [0.3, 0.4) is 0 Å². The average molecular weight is 1250 g/mol. The van der Waals surface area contributed by atoms with Crippen molar-refractivity contribution in [3.63, 3.8) is 0 Å². The van der Waals surface area contributed by atoms with Gasteiger partial charge in [-0.25, -0.2) is 24.0 Å². The predicted octanol–water partition coefficient (Wildman–Crippen LogP) is -3.61.